The second-order valence-corrected chi connectivity index (χ2v) is 10.4. The summed E-state index contributed by atoms with van der Waals surface area (Å²) in [5, 5.41) is 6.18. The quantitative estimate of drug-likeness (QED) is 0.626. The van der Waals surface area contributed by atoms with Crippen LogP contribution in [0.4, 0.5) is 0 Å². The van der Waals surface area contributed by atoms with Crippen LogP contribution in [-0.4, -0.2) is 47.8 Å². The molecule has 2 N–H and O–H groups in total. The summed E-state index contributed by atoms with van der Waals surface area (Å²) in [5.41, 5.74) is 0. The van der Waals surface area contributed by atoms with E-state index in [4.69, 9.17) is 0 Å². The summed E-state index contributed by atoms with van der Waals surface area (Å²) in [6.07, 6.45) is 13.9. The van der Waals surface area contributed by atoms with Gasteiger partial charge in [-0.25, -0.2) is 0 Å². The van der Waals surface area contributed by atoms with Gasteiger partial charge in [0.1, 0.15) is 0 Å². The molecule has 0 aromatic heterocycles. The van der Waals surface area contributed by atoms with Gasteiger partial charge in [0.05, 0.1) is 0 Å². The van der Waals surface area contributed by atoms with E-state index in [1.165, 1.54) is 19.3 Å². The normalized spacial score (nSPS) is 30.8. The molecular weight excluding hydrogens is 390 g/mol. The van der Waals surface area contributed by atoms with E-state index in [9.17, 15) is 14.4 Å². The maximum atomic E-state index is 13.5. The Bertz CT molecular complexity index is 596. The van der Waals surface area contributed by atoms with Gasteiger partial charge in [-0.3, -0.25) is 14.4 Å². The molecule has 6 heteroatoms. The molecule has 176 valence electrons. The van der Waals surface area contributed by atoms with Crippen LogP contribution in [-0.2, 0) is 14.4 Å². The maximum absolute atomic E-state index is 13.5. The minimum Gasteiger partial charge on any atom is -0.352 e. The van der Waals surface area contributed by atoms with Gasteiger partial charge in [0.2, 0.25) is 17.7 Å². The van der Waals surface area contributed by atoms with Crippen LogP contribution in [0.2, 0.25) is 0 Å². The van der Waals surface area contributed by atoms with Crippen LogP contribution in [0.3, 0.4) is 0 Å². The van der Waals surface area contributed by atoms with Gasteiger partial charge in [0.15, 0.2) is 5.92 Å². The molecule has 6 nitrogen and oxygen atoms in total. The van der Waals surface area contributed by atoms with Gasteiger partial charge in [0.25, 0.3) is 0 Å². The molecule has 3 fully saturated rings. The lowest BCUT2D eigenvalue weighted by Crippen LogP contribution is -2.56. The number of carbonyl (C=O) groups excluding carboxylic acids is 3. The Hall–Kier alpha value is -1.59. The minimum atomic E-state index is -1.28. The second-order valence-electron chi connectivity index (χ2n) is 10.4. The van der Waals surface area contributed by atoms with Crippen LogP contribution < -0.4 is 10.6 Å². The summed E-state index contributed by atoms with van der Waals surface area (Å²) in [6, 6.07) is 0.238. The van der Waals surface area contributed by atoms with Gasteiger partial charge in [0, 0.05) is 25.2 Å². The third-order valence-electron chi connectivity index (χ3n) is 8.12. The van der Waals surface area contributed by atoms with E-state index in [2.05, 4.69) is 24.5 Å². The van der Waals surface area contributed by atoms with Crippen molar-refractivity contribution < 1.29 is 14.4 Å². The van der Waals surface area contributed by atoms with E-state index in [0.29, 0.717) is 11.8 Å². The number of nitrogens with zero attached hydrogens (tertiary/aromatic N) is 1. The monoisotopic (exact) mass is 433 g/mol. The second kappa shape index (κ2) is 11.3. The van der Waals surface area contributed by atoms with E-state index in [1.54, 1.807) is 11.9 Å². The smallest absolute Gasteiger partial charge is 0.244 e. The van der Waals surface area contributed by atoms with Gasteiger partial charge in [-0.05, 0) is 50.4 Å². The number of carbonyl (C=O) groups is 3. The Morgan fingerprint density at radius 3 is 1.55 bits per heavy atom. The number of amides is 3. The van der Waals surface area contributed by atoms with E-state index in [1.807, 2.05) is 0 Å². The first-order chi connectivity index (χ1) is 14.9. The maximum Gasteiger partial charge on any atom is 0.244 e. The first-order valence-electron chi connectivity index (χ1n) is 12.8. The van der Waals surface area contributed by atoms with Gasteiger partial charge in [-0.2, -0.15) is 0 Å². The zero-order valence-electron chi connectivity index (χ0n) is 19.8. The van der Waals surface area contributed by atoms with Crippen LogP contribution >= 0.6 is 0 Å². The van der Waals surface area contributed by atoms with Crippen LogP contribution in [0.1, 0.15) is 97.3 Å². The SMILES string of the molecule is CC1CCCCC1NC(=O)C(C(=O)NC1CCCCC1C)C(=O)N(C)C1CCCCC1. The molecule has 0 aliphatic heterocycles. The fraction of sp³-hybridized carbons (Fsp3) is 0.880. The molecule has 3 aliphatic rings. The average Bonchev–Trinajstić information content (AvgIpc) is 2.77. The van der Waals surface area contributed by atoms with Crippen molar-refractivity contribution in [2.45, 2.75) is 115 Å². The highest BCUT2D eigenvalue weighted by atomic mass is 16.2. The number of hydrogen-bond donors (Lipinski definition) is 2. The fourth-order valence-corrected chi connectivity index (χ4v) is 5.79. The van der Waals surface area contributed by atoms with Crippen LogP contribution in [0.25, 0.3) is 0 Å². The average molecular weight is 434 g/mol. The first kappa shape index (κ1) is 24.1. The molecule has 0 aromatic rings. The lowest BCUT2D eigenvalue weighted by Gasteiger charge is -2.35. The Labute approximate surface area is 188 Å². The molecule has 0 saturated heterocycles. The first-order valence-corrected chi connectivity index (χ1v) is 12.8. The minimum absolute atomic E-state index is 0.0536. The highest BCUT2D eigenvalue weighted by Gasteiger charge is 2.41. The van der Waals surface area contributed by atoms with E-state index >= 15 is 0 Å². The van der Waals surface area contributed by atoms with Crippen LogP contribution in [0.5, 0.6) is 0 Å². The predicted molar refractivity (Wildman–Crippen MR) is 122 cm³/mol. The summed E-state index contributed by atoms with van der Waals surface area (Å²) in [4.78, 5) is 41.8. The molecule has 0 bridgehead atoms. The molecule has 0 spiro atoms. The Morgan fingerprint density at radius 1 is 0.677 bits per heavy atom. The van der Waals surface area contributed by atoms with E-state index in [0.717, 1.165) is 64.2 Å². The van der Waals surface area contributed by atoms with Crippen molar-refractivity contribution >= 4 is 17.7 Å². The molecule has 0 aromatic carbocycles. The molecule has 0 heterocycles. The van der Waals surface area contributed by atoms with E-state index in [-0.39, 0.29) is 24.0 Å². The van der Waals surface area contributed by atoms with Gasteiger partial charge < -0.3 is 15.5 Å². The van der Waals surface area contributed by atoms with Crippen molar-refractivity contribution in [3.63, 3.8) is 0 Å². The molecule has 0 radical (unpaired) electrons. The van der Waals surface area contributed by atoms with Crippen molar-refractivity contribution in [3.05, 3.63) is 0 Å². The van der Waals surface area contributed by atoms with Crippen molar-refractivity contribution in [1.29, 1.82) is 0 Å². The molecule has 4 atom stereocenters. The molecule has 3 aliphatic carbocycles. The molecule has 4 unspecified atom stereocenters. The standard InChI is InChI=1S/C25H43N3O3/c1-17-11-7-9-15-20(17)26-23(29)22(24(30)27-21-16-10-8-12-18(21)2)25(31)28(3)19-13-5-4-6-14-19/h17-22H,4-16H2,1-3H3,(H,26,29)(H,27,30). The fourth-order valence-electron chi connectivity index (χ4n) is 5.79. The summed E-state index contributed by atoms with van der Waals surface area (Å²) >= 11 is 0. The third-order valence-corrected chi connectivity index (χ3v) is 8.12. The number of nitrogens with one attached hydrogen (secondary N) is 2. The number of rotatable bonds is 6. The Balaban J connectivity index is 1.73. The molecule has 31 heavy (non-hydrogen) atoms. The highest BCUT2D eigenvalue weighted by molar-refractivity contribution is 6.17. The zero-order chi connectivity index (χ0) is 22.4. The zero-order valence-corrected chi connectivity index (χ0v) is 19.8. The topological polar surface area (TPSA) is 78.5 Å². The molecule has 3 saturated carbocycles. The molecule has 3 amide bonds. The highest BCUT2D eigenvalue weighted by Crippen LogP contribution is 2.27. The summed E-state index contributed by atoms with van der Waals surface area (Å²) < 4.78 is 0. The predicted octanol–water partition coefficient (Wildman–Crippen LogP) is 3.78. The number of hydrogen-bond acceptors (Lipinski definition) is 3. The van der Waals surface area contributed by atoms with Crippen molar-refractivity contribution in [1.82, 2.24) is 15.5 Å². The van der Waals surface area contributed by atoms with E-state index < -0.39 is 17.7 Å². The van der Waals surface area contributed by atoms with Gasteiger partial charge in [-0.1, -0.05) is 58.8 Å². The lowest BCUT2D eigenvalue weighted by molar-refractivity contribution is -0.149. The molecule has 3 rings (SSSR count). The van der Waals surface area contributed by atoms with Crippen LogP contribution in [0.15, 0.2) is 0 Å². The Kier molecular flexibility index (Phi) is 8.79. The van der Waals surface area contributed by atoms with Gasteiger partial charge >= 0.3 is 0 Å². The summed E-state index contributed by atoms with van der Waals surface area (Å²) in [7, 11) is 1.78. The molecular formula is C25H43N3O3. The van der Waals surface area contributed by atoms with Crippen molar-refractivity contribution in [2.24, 2.45) is 17.8 Å². The summed E-state index contributed by atoms with van der Waals surface area (Å²) in [6.45, 7) is 4.30. The van der Waals surface area contributed by atoms with Crippen molar-refractivity contribution in [2.75, 3.05) is 7.05 Å². The lowest BCUT2D eigenvalue weighted by atomic mass is 9.85. The van der Waals surface area contributed by atoms with Gasteiger partial charge in [-0.15, -0.1) is 0 Å². The Morgan fingerprint density at radius 2 is 1.10 bits per heavy atom. The largest absolute Gasteiger partial charge is 0.352 e. The van der Waals surface area contributed by atoms with Crippen LogP contribution in [0, 0.1) is 17.8 Å². The summed E-state index contributed by atoms with van der Waals surface area (Å²) in [5.74, 6) is -1.68. The van der Waals surface area contributed by atoms with Crippen molar-refractivity contribution in [3.8, 4) is 0 Å². The third kappa shape index (κ3) is 6.23.